The van der Waals surface area contributed by atoms with Gasteiger partial charge in [-0.1, -0.05) is 0 Å². The zero-order valence-corrected chi connectivity index (χ0v) is 6.85. The number of ether oxygens (including phenoxy) is 1. The Balaban J connectivity index is 2.80. The molecule has 62 valence electrons. The maximum Gasteiger partial charge on any atom is 0.321 e. The van der Waals surface area contributed by atoms with E-state index in [-0.39, 0.29) is 0 Å². The van der Waals surface area contributed by atoms with Crippen LogP contribution in [0.3, 0.4) is 0 Å². The van der Waals surface area contributed by atoms with E-state index in [1.165, 1.54) is 0 Å². The molecule has 0 saturated carbocycles. The van der Waals surface area contributed by atoms with Gasteiger partial charge < -0.3 is 4.74 Å². The number of hydrogen-bond acceptors (Lipinski definition) is 4. The first-order valence-corrected chi connectivity index (χ1v) is 3.53. The molecule has 0 radical (unpaired) electrons. The van der Waals surface area contributed by atoms with Crippen molar-refractivity contribution in [3.8, 4) is 6.01 Å². The molecular formula is C7H8N4O. The topological polar surface area (TPSA) is 52.3 Å². The van der Waals surface area contributed by atoms with Gasteiger partial charge in [0.15, 0.2) is 5.65 Å². The van der Waals surface area contributed by atoms with Gasteiger partial charge in [0.25, 0.3) is 0 Å². The van der Waals surface area contributed by atoms with Crippen molar-refractivity contribution < 1.29 is 4.74 Å². The lowest BCUT2D eigenvalue weighted by atomic mass is 10.6. The molecular weight excluding hydrogens is 156 g/mol. The summed E-state index contributed by atoms with van der Waals surface area (Å²) in [4.78, 5) is 8.21. The highest BCUT2D eigenvalue weighted by Crippen LogP contribution is 2.08. The van der Waals surface area contributed by atoms with Gasteiger partial charge in [0, 0.05) is 6.07 Å². The molecule has 0 N–H and O–H groups in total. The molecule has 0 aromatic carbocycles. The molecule has 0 amide bonds. The second kappa shape index (κ2) is 2.44. The molecule has 0 aliphatic rings. The predicted octanol–water partition coefficient (Wildman–Crippen LogP) is 0.441. The molecule has 5 heteroatoms. The third-order valence-corrected chi connectivity index (χ3v) is 1.52. The molecule has 5 nitrogen and oxygen atoms in total. The Morgan fingerprint density at radius 2 is 2.25 bits per heavy atom. The van der Waals surface area contributed by atoms with Gasteiger partial charge in [0.05, 0.1) is 13.3 Å². The highest BCUT2D eigenvalue weighted by molar-refractivity contribution is 5.37. The van der Waals surface area contributed by atoms with Crippen molar-refractivity contribution in [1.82, 2.24) is 19.6 Å². The highest BCUT2D eigenvalue weighted by atomic mass is 16.5. The third kappa shape index (κ3) is 0.903. The lowest BCUT2D eigenvalue weighted by Gasteiger charge is -2.01. The van der Waals surface area contributed by atoms with E-state index in [2.05, 4.69) is 15.1 Å². The predicted molar refractivity (Wildman–Crippen MR) is 42.1 cm³/mol. The summed E-state index contributed by atoms with van der Waals surface area (Å²) < 4.78 is 6.56. The monoisotopic (exact) mass is 164 g/mol. The van der Waals surface area contributed by atoms with Crippen LogP contribution in [0.2, 0.25) is 0 Å². The molecule has 0 aliphatic carbocycles. The summed E-state index contributed by atoms with van der Waals surface area (Å²) in [6.07, 6.45) is 1.66. The quantitative estimate of drug-likeness (QED) is 0.613. The fourth-order valence-corrected chi connectivity index (χ4v) is 1.04. The zero-order valence-electron chi connectivity index (χ0n) is 6.85. The lowest BCUT2D eigenvalue weighted by Crippen LogP contribution is -2.02. The Morgan fingerprint density at radius 1 is 1.42 bits per heavy atom. The Labute approximate surface area is 69.0 Å². The van der Waals surface area contributed by atoms with Crippen LogP contribution < -0.4 is 4.74 Å². The molecule has 0 spiro atoms. The Morgan fingerprint density at radius 3 is 3.00 bits per heavy atom. The van der Waals surface area contributed by atoms with Gasteiger partial charge in [0.1, 0.15) is 5.82 Å². The van der Waals surface area contributed by atoms with E-state index in [0.717, 1.165) is 5.65 Å². The van der Waals surface area contributed by atoms with Crippen LogP contribution in [0.25, 0.3) is 5.65 Å². The Hall–Kier alpha value is -1.65. The molecule has 12 heavy (non-hydrogen) atoms. The van der Waals surface area contributed by atoms with Crippen molar-refractivity contribution in [3.05, 3.63) is 18.1 Å². The molecule has 2 rings (SSSR count). The van der Waals surface area contributed by atoms with Crippen LogP contribution in [0.5, 0.6) is 6.01 Å². The highest BCUT2D eigenvalue weighted by Gasteiger charge is 2.04. The van der Waals surface area contributed by atoms with Gasteiger partial charge in [-0.2, -0.15) is 14.6 Å². The summed E-state index contributed by atoms with van der Waals surface area (Å²) >= 11 is 0. The Bertz CT molecular complexity index is 409. The summed E-state index contributed by atoms with van der Waals surface area (Å²) in [6.45, 7) is 1.82. The second-order valence-corrected chi connectivity index (χ2v) is 2.36. The number of aromatic nitrogens is 4. The number of fused-ring (bicyclic) bond motifs is 1. The van der Waals surface area contributed by atoms with Crippen LogP contribution in [-0.2, 0) is 0 Å². The molecule has 0 unspecified atom stereocenters. The Kier molecular flexibility index (Phi) is 1.43. The maximum atomic E-state index is 5.02. The van der Waals surface area contributed by atoms with E-state index in [0.29, 0.717) is 11.8 Å². The summed E-state index contributed by atoms with van der Waals surface area (Å²) in [5, 5.41) is 4.00. The van der Waals surface area contributed by atoms with Crippen molar-refractivity contribution in [2.75, 3.05) is 7.11 Å². The number of methoxy groups -OCH3 is 1. The lowest BCUT2D eigenvalue weighted by molar-refractivity contribution is 0.364. The smallest absolute Gasteiger partial charge is 0.321 e. The average molecular weight is 164 g/mol. The minimum atomic E-state index is 0.461. The van der Waals surface area contributed by atoms with Crippen LogP contribution in [-0.4, -0.2) is 26.7 Å². The molecule has 0 saturated heterocycles. The van der Waals surface area contributed by atoms with E-state index >= 15 is 0 Å². The van der Waals surface area contributed by atoms with E-state index in [1.54, 1.807) is 23.9 Å². The SMILES string of the molecule is COc1nc(C)nc2ccnn12. The van der Waals surface area contributed by atoms with Crippen molar-refractivity contribution in [3.63, 3.8) is 0 Å². The fourth-order valence-electron chi connectivity index (χ4n) is 1.04. The molecule has 2 aromatic rings. The van der Waals surface area contributed by atoms with Crippen molar-refractivity contribution in [1.29, 1.82) is 0 Å². The second-order valence-electron chi connectivity index (χ2n) is 2.36. The summed E-state index contributed by atoms with van der Waals surface area (Å²) in [5.74, 6) is 0.680. The summed E-state index contributed by atoms with van der Waals surface area (Å²) in [5.41, 5.74) is 0.749. The molecule has 2 aromatic heterocycles. The largest absolute Gasteiger partial charge is 0.467 e. The zero-order chi connectivity index (χ0) is 8.55. The number of aryl methyl sites for hydroxylation is 1. The van der Waals surface area contributed by atoms with Gasteiger partial charge >= 0.3 is 6.01 Å². The van der Waals surface area contributed by atoms with Crippen molar-refractivity contribution >= 4 is 5.65 Å². The first-order chi connectivity index (χ1) is 5.81. The normalized spacial score (nSPS) is 10.5. The fraction of sp³-hybridized carbons (Fsp3) is 0.286. The first kappa shape index (κ1) is 7.02. The van der Waals surface area contributed by atoms with Crippen molar-refractivity contribution in [2.45, 2.75) is 6.92 Å². The molecule has 2 heterocycles. The molecule has 0 bridgehead atoms. The molecule has 0 fully saturated rings. The average Bonchev–Trinajstić information content (AvgIpc) is 2.50. The van der Waals surface area contributed by atoms with Crippen LogP contribution in [0, 0.1) is 6.92 Å². The van der Waals surface area contributed by atoms with E-state index in [4.69, 9.17) is 4.74 Å². The third-order valence-electron chi connectivity index (χ3n) is 1.52. The summed E-state index contributed by atoms with van der Waals surface area (Å²) in [6, 6.07) is 2.26. The number of nitrogens with zero attached hydrogens (tertiary/aromatic N) is 4. The number of rotatable bonds is 1. The molecule has 0 aliphatic heterocycles. The maximum absolute atomic E-state index is 5.02. The van der Waals surface area contributed by atoms with Gasteiger partial charge in [-0.3, -0.25) is 0 Å². The van der Waals surface area contributed by atoms with Crippen LogP contribution in [0.1, 0.15) is 5.82 Å². The van der Waals surface area contributed by atoms with Crippen LogP contribution in [0.15, 0.2) is 12.3 Å². The van der Waals surface area contributed by atoms with E-state index in [9.17, 15) is 0 Å². The minimum Gasteiger partial charge on any atom is -0.467 e. The first-order valence-electron chi connectivity index (χ1n) is 3.53. The number of hydrogen-bond donors (Lipinski definition) is 0. The standard InChI is InChI=1S/C7H8N4O/c1-5-9-6-3-4-8-11(6)7(10-5)12-2/h3-4H,1-2H3. The van der Waals surface area contributed by atoms with Crippen LogP contribution >= 0.6 is 0 Å². The van der Waals surface area contributed by atoms with Crippen molar-refractivity contribution in [2.24, 2.45) is 0 Å². The van der Waals surface area contributed by atoms with Crippen LogP contribution in [0.4, 0.5) is 0 Å². The van der Waals surface area contributed by atoms with E-state index in [1.807, 2.05) is 6.92 Å². The van der Waals surface area contributed by atoms with Gasteiger partial charge in [-0.05, 0) is 6.92 Å². The minimum absolute atomic E-state index is 0.461. The summed E-state index contributed by atoms with van der Waals surface area (Å²) in [7, 11) is 1.56. The van der Waals surface area contributed by atoms with Gasteiger partial charge in [-0.15, -0.1) is 0 Å². The van der Waals surface area contributed by atoms with E-state index < -0.39 is 0 Å². The van der Waals surface area contributed by atoms with Gasteiger partial charge in [-0.25, -0.2) is 4.98 Å². The van der Waals surface area contributed by atoms with Gasteiger partial charge in [0.2, 0.25) is 0 Å². The molecule has 0 atom stereocenters.